The molecule has 1 aromatic rings. The third-order valence-corrected chi connectivity index (χ3v) is 5.40. The second-order valence-corrected chi connectivity index (χ2v) is 7.24. The molecule has 1 aliphatic carbocycles. The van der Waals surface area contributed by atoms with E-state index in [1.807, 2.05) is 4.90 Å². The third-order valence-electron chi connectivity index (χ3n) is 5.40. The molecule has 3 rings (SSSR count). The molecular formula is C20H29NO2. The normalized spacial score (nSPS) is 24.7. The molecule has 1 amide bonds. The van der Waals surface area contributed by atoms with E-state index in [0.29, 0.717) is 17.7 Å². The Hall–Kier alpha value is -1.35. The van der Waals surface area contributed by atoms with Crippen LogP contribution in [0.15, 0.2) is 30.3 Å². The smallest absolute Gasteiger partial charge is 0.225 e. The first kappa shape index (κ1) is 16.5. The molecule has 0 radical (unpaired) electrons. The van der Waals surface area contributed by atoms with Gasteiger partial charge in [-0.3, -0.25) is 4.79 Å². The lowest BCUT2D eigenvalue weighted by molar-refractivity contribution is -0.134. The molecule has 1 saturated heterocycles. The number of unbranched alkanes of at least 4 members (excludes halogenated alkanes) is 2. The van der Waals surface area contributed by atoms with Crippen molar-refractivity contribution >= 4 is 5.91 Å². The van der Waals surface area contributed by atoms with Crippen molar-refractivity contribution in [3.05, 3.63) is 35.9 Å². The van der Waals surface area contributed by atoms with Crippen molar-refractivity contribution in [3.63, 3.8) is 0 Å². The van der Waals surface area contributed by atoms with Crippen LogP contribution in [-0.4, -0.2) is 35.1 Å². The fraction of sp³-hybridized carbons (Fsp3) is 0.650. The minimum absolute atomic E-state index is 0.196. The van der Waals surface area contributed by atoms with Gasteiger partial charge in [0.25, 0.3) is 0 Å². The van der Waals surface area contributed by atoms with Crippen LogP contribution in [0.1, 0.15) is 50.5 Å². The number of nitrogens with zero attached hydrogens (tertiary/aromatic N) is 1. The van der Waals surface area contributed by atoms with Crippen LogP contribution in [-0.2, 0) is 11.2 Å². The highest BCUT2D eigenvalue weighted by Crippen LogP contribution is 2.44. The van der Waals surface area contributed by atoms with Gasteiger partial charge < -0.3 is 10.0 Å². The second-order valence-electron chi connectivity index (χ2n) is 7.24. The molecule has 1 aliphatic heterocycles. The zero-order valence-electron chi connectivity index (χ0n) is 14.0. The van der Waals surface area contributed by atoms with Gasteiger partial charge in [-0.25, -0.2) is 0 Å². The van der Waals surface area contributed by atoms with Crippen molar-refractivity contribution in [2.24, 2.45) is 11.8 Å². The summed E-state index contributed by atoms with van der Waals surface area (Å²) in [5.74, 6) is 1.27. The summed E-state index contributed by atoms with van der Waals surface area (Å²) < 4.78 is 0. The maximum atomic E-state index is 12.4. The number of carbonyl (C=O) groups excluding carboxylic acids is 1. The number of rotatable bonds is 7. The quantitative estimate of drug-likeness (QED) is 0.783. The topological polar surface area (TPSA) is 40.5 Å². The number of benzene rings is 1. The van der Waals surface area contributed by atoms with Crippen LogP contribution in [0.25, 0.3) is 0 Å². The van der Waals surface area contributed by atoms with E-state index < -0.39 is 0 Å². The molecular weight excluding hydrogens is 286 g/mol. The van der Waals surface area contributed by atoms with Crippen molar-refractivity contribution in [2.75, 3.05) is 13.1 Å². The predicted octanol–water partition coefficient (Wildman–Crippen LogP) is 3.41. The van der Waals surface area contributed by atoms with Gasteiger partial charge in [0.15, 0.2) is 0 Å². The third kappa shape index (κ3) is 4.81. The van der Waals surface area contributed by atoms with Crippen LogP contribution >= 0.6 is 0 Å². The highest BCUT2D eigenvalue weighted by molar-refractivity contribution is 5.81. The summed E-state index contributed by atoms with van der Waals surface area (Å²) in [7, 11) is 0. The molecule has 1 saturated carbocycles. The van der Waals surface area contributed by atoms with Gasteiger partial charge in [0, 0.05) is 19.0 Å². The standard InChI is InChI=1S/C20H29NO2/c22-18-11-13-21(14-12-18)20(23)19-15-17(19)10-6-2-5-9-16-7-3-1-4-8-16/h1,3-4,7-8,17-19,22H,2,5-6,9-15H2. The van der Waals surface area contributed by atoms with Crippen LogP contribution in [0, 0.1) is 11.8 Å². The first-order valence-corrected chi connectivity index (χ1v) is 9.25. The van der Waals surface area contributed by atoms with Crippen molar-refractivity contribution < 1.29 is 9.90 Å². The summed E-state index contributed by atoms with van der Waals surface area (Å²) in [6, 6.07) is 10.7. The average molecular weight is 315 g/mol. The van der Waals surface area contributed by atoms with Crippen molar-refractivity contribution in [3.8, 4) is 0 Å². The fourth-order valence-corrected chi connectivity index (χ4v) is 3.75. The summed E-state index contributed by atoms with van der Waals surface area (Å²) in [6.45, 7) is 1.50. The predicted molar refractivity (Wildman–Crippen MR) is 92.0 cm³/mol. The van der Waals surface area contributed by atoms with Gasteiger partial charge in [-0.1, -0.05) is 43.2 Å². The van der Waals surface area contributed by atoms with Gasteiger partial charge in [0.2, 0.25) is 5.91 Å². The Morgan fingerprint density at radius 1 is 1.09 bits per heavy atom. The molecule has 0 aromatic heterocycles. The number of aryl methyl sites for hydroxylation is 1. The first-order chi connectivity index (χ1) is 11.2. The average Bonchev–Trinajstić information content (AvgIpc) is 3.35. The summed E-state index contributed by atoms with van der Waals surface area (Å²) >= 11 is 0. The Morgan fingerprint density at radius 2 is 1.83 bits per heavy atom. The van der Waals surface area contributed by atoms with Crippen LogP contribution < -0.4 is 0 Å². The van der Waals surface area contributed by atoms with Gasteiger partial charge in [-0.05, 0) is 50.0 Å². The van der Waals surface area contributed by atoms with E-state index in [1.54, 1.807) is 0 Å². The van der Waals surface area contributed by atoms with E-state index in [2.05, 4.69) is 30.3 Å². The van der Waals surface area contributed by atoms with Gasteiger partial charge in [-0.15, -0.1) is 0 Å². The van der Waals surface area contributed by atoms with E-state index in [9.17, 15) is 9.90 Å². The Labute approximate surface area is 139 Å². The number of piperidine rings is 1. The van der Waals surface area contributed by atoms with E-state index in [0.717, 1.165) is 32.4 Å². The fourth-order valence-electron chi connectivity index (χ4n) is 3.75. The van der Waals surface area contributed by atoms with Crippen molar-refractivity contribution in [1.82, 2.24) is 4.90 Å². The minimum atomic E-state index is -0.196. The highest BCUT2D eigenvalue weighted by atomic mass is 16.3. The van der Waals surface area contributed by atoms with Gasteiger partial charge in [0.05, 0.1) is 6.10 Å². The molecule has 126 valence electrons. The number of aliphatic hydroxyl groups is 1. The molecule has 23 heavy (non-hydrogen) atoms. The SMILES string of the molecule is O=C(C1CC1CCCCCc1ccccc1)N1CCC(O)CC1. The maximum absolute atomic E-state index is 12.4. The number of hydrogen-bond donors (Lipinski definition) is 1. The van der Waals surface area contributed by atoms with Crippen LogP contribution in [0.4, 0.5) is 0 Å². The Morgan fingerprint density at radius 3 is 2.57 bits per heavy atom. The number of carbonyl (C=O) groups is 1. The highest BCUT2D eigenvalue weighted by Gasteiger charge is 2.44. The van der Waals surface area contributed by atoms with E-state index >= 15 is 0 Å². The zero-order chi connectivity index (χ0) is 16.1. The van der Waals surface area contributed by atoms with Gasteiger partial charge in [0.1, 0.15) is 0 Å². The lowest BCUT2D eigenvalue weighted by Crippen LogP contribution is -2.41. The largest absolute Gasteiger partial charge is 0.393 e. The summed E-state index contributed by atoms with van der Waals surface area (Å²) in [6.07, 6.45) is 8.55. The van der Waals surface area contributed by atoms with Crippen LogP contribution in [0.5, 0.6) is 0 Å². The Bertz CT molecular complexity index is 494. The second kappa shape index (κ2) is 7.96. The van der Waals surface area contributed by atoms with Gasteiger partial charge in [-0.2, -0.15) is 0 Å². The summed E-state index contributed by atoms with van der Waals surface area (Å²) in [5.41, 5.74) is 1.43. The molecule has 2 unspecified atom stereocenters. The molecule has 1 N–H and O–H groups in total. The molecule has 0 bridgehead atoms. The van der Waals surface area contributed by atoms with E-state index in [-0.39, 0.29) is 6.10 Å². The molecule has 2 aliphatic rings. The molecule has 1 heterocycles. The lowest BCUT2D eigenvalue weighted by atomic mass is 10.0. The Kier molecular flexibility index (Phi) is 5.71. The summed E-state index contributed by atoms with van der Waals surface area (Å²) in [4.78, 5) is 14.4. The molecule has 3 heteroatoms. The van der Waals surface area contributed by atoms with Crippen LogP contribution in [0.2, 0.25) is 0 Å². The number of likely N-dealkylation sites (tertiary alicyclic amines) is 1. The zero-order valence-corrected chi connectivity index (χ0v) is 14.0. The molecule has 3 nitrogen and oxygen atoms in total. The lowest BCUT2D eigenvalue weighted by Gasteiger charge is -2.29. The van der Waals surface area contributed by atoms with Crippen molar-refractivity contribution in [1.29, 1.82) is 0 Å². The number of hydrogen-bond acceptors (Lipinski definition) is 2. The first-order valence-electron chi connectivity index (χ1n) is 9.25. The maximum Gasteiger partial charge on any atom is 0.225 e. The van der Waals surface area contributed by atoms with E-state index in [1.165, 1.54) is 37.7 Å². The number of aliphatic hydroxyl groups excluding tert-OH is 1. The van der Waals surface area contributed by atoms with Crippen LogP contribution in [0.3, 0.4) is 0 Å². The molecule has 2 atom stereocenters. The molecule has 0 spiro atoms. The van der Waals surface area contributed by atoms with Gasteiger partial charge >= 0.3 is 0 Å². The summed E-state index contributed by atoms with van der Waals surface area (Å²) in [5, 5.41) is 9.53. The molecule has 2 fully saturated rings. The molecule has 1 aromatic carbocycles. The monoisotopic (exact) mass is 315 g/mol. The minimum Gasteiger partial charge on any atom is -0.393 e. The Balaban J connectivity index is 1.27. The van der Waals surface area contributed by atoms with Crippen molar-refractivity contribution in [2.45, 2.75) is 57.5 Å². The van der Waals surface area contributed by atoms with E-state index in [4.69, 9.17) is 0 Å². The number of amides is 1.